The van der Waals surface area contributed by atoms with E-state index in [2.05, 4.69) is 9.72 Å². The van der Waals surface area contributed by atoms with Gasteiger partial charge in [0.15, 0.2) is 0 Å². The van der Waals surface area contributed by atoms with Crippen molar-refractivity contribution in [1.29, 1.82) is 0 Å². The number of esters is 2. The molecule has 3 aromatic rings. The Hall–Kier alpha value is -2.73. The molecule has 1 heterocycles. The maximum Gasteiger partial charge on any atom is 0.337 e. The van der Waals surface area contributed by atoms with Crippen molar-refractivity contribution in [3.63, 3.8) is 0 Å². The number of hydrogen-bond acceptors (Lipinski definition) is 6. The van der Waals surface area contributed by atoms with Crippen molar-refractivity contribution < 1.29 is 19.1 Å². The molecule has 1 aromatic heterocycles. The molecule has 0 unspecified atom stereocenters. The van der Waals surface area contributed by atoms with Gasteiger partial charge in [0, 0.05) is 6.42 Å². The lowest BCUT2D eigenvalue weighted by Crippen LogP contribution is -2.07. The Morgan fingerprint density at radius 1 is 1.12 bits per heavy atom. The first-order valence-electron chi connectivity index (χ1n) is 7.83. The molecule has 2 aromatic carbocycles. The molecule has 3 rings (SSSR count). The topological polar surface area (TPSA) is 65.5 Å². The monoisotopic (exact) mass is 355 g/mol. The first kappa shape index (κ1) is 17.1. The molecule has 25 heavy (non-hydrogen) atoms. The summed E-state index contributed by atoms with van der Waals surface area (Å²) in [6.45, 7) is 0.128. The summed E-state index contributed by atoms with van der Waals surface area (Å²) in [6, 6.07) is 14.7. The number of aromatic nitrogens is 1. The van der Waals surface area contributed by atoms with Crippen molar-refractivity contribution in [2.75, 3.05) is 7.11 Å². The van der Waals surface area contributed by atoms with Gasteiger partial charge in [0.1, 0.15) is 6.61 Å². The molecule has 0 aliphatic heterocycles. The predicted molar refractivity (Wildman–Crippen MR) is 95.5 cm³/mol. The second-order valence-electron chi connectivity index (χ2n) is 5.43. The minimum Gasteiger partial charge on any atom is -0.465 e. The van der Waals surface area contributed by atoms with E-state index in [4.69, 9.17) is 4.74 Å². The molecule has 0 spiro atoms. The number of aryl methyl sites for hydroxylation is 1. The van der Waals surface area contributed by atoms with E-state index in [0.717, 1.165) is 20.8 Å². The summed E-state index contributed by atoms with van der Waals surface area (Å²) in [5.41, 5.74) is 2.14. The van der Waals surface area contributed by atoms with Crippen LogP contribution in [0.5, 0.6) is 0 Å². The lowest BCUT2D eigenvalue weighted by molar-refractivity contribution is -0.144. The number of hydrogen-bond donors (Lipinski definition) is 0. The minimum atomic E-state index is -0.413. The average molecular weight is 355 g/mol. The smallest absolute Gasteiger partial charge is 0.337 e. The molecule has 0 aliphatic carbocycles. The largest absolute Gasteiger partial charge is 0.465 e. The van der Waals surface area contributed by atoms with Crippen molar-refractivity contribution in [3.05, 3.63) is 64.7 Å². The summed E-state index contributed by atoms with van der Waals surface area (Å²) < 4.78 is 11.1. The van der Waals surface area contributed by atoms with Gasteiger partial charge in [-0.05, 0) is 29.8 Å². The molecule has 0 N–H and O–H groups in total. The average Bonchev–Trinajstić information content (AvgIpc) is 3.07. The summed E-state index contributed by atoms with van der Waals surface area (Å²) >= 11 is 1.59. The molecule has 0 saturated carbocycles. The summed E-state index contributed by atoms with van der Waals surface area (Å²) in [4.78, 5) is 27.9. The van der Waals surface area contributed by atoms with E-state index < -0.39 is 5.97 Å². The Morgan fingerprint density at radius 3 is 2.76 bits per heavy atom. The molecule has 0 fully saturated rings. The fourth-order valence-electron chi connectivity index (χ4n) is 2.38. The number of fused-ring (bicyclic) bond motifs is 1. The van der Waals surface area contributed by atoms with Crippen molar-refractivity contribution in [2.24, 2.45) is 0 Å². The number of thiazole rings is 1. The van der Waals surface area contributed by atoms with E-state index in [9.17, 15) is 9.59 Å². The van der Waals surface area contributed by atoms with Gasteiger partial charge < -0.3 is 9.47 Å². The van der Waals surface area contributed by atoms with Gasteiger partial charge in [-0.25, -0.2) is 9.78 Å². The third kappa shape index (κ3) is 4.42. The molecule has 0 radical (unpaired) electrons. The van der Waals surface area contributed by atoms with Crippen LogP contribution in [0.3, 0.4) is 0 Å². The van der Waals surface area contributed by atoms with Crippen LogP contribution in [0.2, 0.25) is 0 Å². The molecule has 0 bridgehead atoms. The van der Waals surface area contributed by atoms with E-state index in [0.29, 0.717) is 12.0 Å². The maximum atomic E-state index is 11.9. The highest BCUT2D eigenvalue weighted by molar-refractivity contribution is 7.18. The van der Waals surface area contributed by atoms with Gasteiger partial charge in [0.2, 0.25) is 0 Å². The SMILES string of the molecule is COC(=O)c1cccc(COC(=O)CCc2nc3ccccc3s2)c1. The molecule has 0 saturated heterocycles. The van der Waals surface area contributed by atoms with Gasteiger partial charge in [-0.1, -0.05) is 24.3 Å². The normalized spacial score (nSPS) is 10.6. The molecule has 0 atom stereocenters. The van der Waals surface area contributed by atoms with E-state index in [1.165, 1.54) is 7.11 Å². The summed E-state index contributed by atoms with van der Waals surface area (Å²) in [7, 11) is 1.33. The molecular formula is C19H17NO4S. The second-order valence-corrected chi connectivity index (χ2v) is 6.54. The van der Waals surface area contributed by atoms with Crippen LogP contribution in [-0.2, 0) is 27.3 Å². The van der Waals surface area contributed by atoms with Gasteiger partial charge in [-0.2, -0.15) is 0 Å². The highest BCUT2D eigenvalue weighted by atomic mass is 32.1. The highest BCUT2D eigenvalue weighted by Gasteiger charge is 2.10. The van der Waals surface area contributed by atoms with Crippen LogP contribution in [0, 0.1) is 0 Å². The number of rotatable bonds is 6. The van der Waals surface area contributed by atoms with Crippen LogP contribution < -0.4 is 0 Å². The fourth-order valence-corrected chi connectivity index (χ4v) is 3.34. The number of nitrogens with zero attached hydrogens (tertiary/aromatic N) is 1. The molecular weight excluding hydrogens is 338 g/mol. The third-order valence-electron chi connectivity index (χ3n) is 3.63. The molecule has 6 heteroatoms. The van der Waals surface area contributed by atoms with Gasteiger partial charge in [0.05, 0.1) is 34.3 Å². The zero-order chi connectivity index (χ0) is 17.6. The van der Waals surface area contributed by atoms with Gasteiger partial charge in [-0.3, -0.25) is 4.79 Å². The number of para-hydroxylation sites is 1. The van der Waals surface area contributed by atoms with Crippen LogP contribution in [-0.4, -0.2) is 24.0 Å². The van der Waals surface area contributed by atoms with Crippen LogP contribution in [0.4, 0.5) is 0 Å². The van der Waals surface area contributed by atoms with Crippen LogP contribution in [0.25, 0.3) is 10.2 Å². The van der Waals surface area contributed by atoms with Crippen LogP contribution in [0.15, 0.2) is 48.5 Å². The quantitative estimate of drug-likeness (QED) is 0.630. The zero-order valence-electron chi connectivity index (χ0n) is 13.7. The number of benzene rings is 2. The molecule has 128 valence electrons. The Balaban J connectivity index is 1.52. The first-order chi connectivity index (χ1) is 12.2. The van der Waals surface area contributed by atoms with Gasteiger partial charge in [-0.15, -0.1) is 11.3 Å². The van der Waals surface area contributed by atoms with Gasteiger partial charge in [0.25, 0.3) is 0 Å². The summed E-state index contributed by atoms with van der Waals surface area (Å²) in [5.74, 6) is -0.702. The maximum absolute atomic E-state index is 11.9. The second kappa shape index (κ2) is 7.90. The van der Waals surface area contributed by atoms with Gasteiger partial charge >= 0.3 is 11.9 Å². The van der Waals surface area contributed by atoms with E-state index in [1.807, 2.05) is 24.3 Å². The molecule has 0 amide bonds. The van der Waals surface area contributed by atoms with E-state index in [-0.39, 0.29) is 19.0 Å². The lowest BCUT2D eigenvalue weighted by atomic mass is 10.1. The molecule has 5 nitrogen and oxygen atoms in total. The number of carbonyl (C=O) groups is 2. The summed E-state index contributed by atoms with van der Waals surface area (Å²) in [5, 5.41) is 0.922. The van der Waals surface area contributed by atoms with Crippen molar-refractivity contribution in [3.8, 4) is 0 Å². The van der Waals surface area contributed by atoms with E-state index >= 15 is 0 Å². The van der Waals surface area contributed by atoms with Crippen LogP contribution >= 0.6 is 11.3 Å². The molecule has 0 aliphatic rings. The van der Waals surface area contributed by atoms with Crippen LogP contribution in [0.1, 0.15) is 27.3 Å². The Labute approximate surface area is 149 Å². The Morgan fingerprint density at radius 2 is 1.96 bits per heavy atom. The number of methoxy groups -OCH3 is 1. The van der Waals surface area contributed by atoms with E-state index in [1.54, 1.807) is 35.6 Å². The number of carbonyl (C=O) groups excluding carboxylic acids is 2. The number of ether oxygens (including phenoxy) is 2. The highest BCUT2D eigenvalue weighted by Crippen LogP contribution is 2.22. The standard InChI is InChI=1S/C19H17NO4S/c1-23-19(22)14-6-4-5-13(11-14)12-24-18(21)10-9-17-20-15-7-2-3-8-16(15)25-17/h2-8,11H,9-10,12H2,1H3. The Bertz CT molecular complexity index is 870. The fraction of sp³-hybridized carbons (Fsp3) is 0.211. The zero-order valence-corrected chi connectivity index (χ0v) is 14.5. The Kier molecular flexibility index (Phi) is 5.40. The van der Waals surface area contributed by atoms with Crippen molar-refractivity contribution in [1.82, 2.24) is 4.98 Å². The first-order valence-corrected chi connectivity index (χ1v) is 8.64. The van der Waals surface area contributed by atoms with Crippen molar-refractivity contribution in [2.45, 2.75) is 19.4 Å². The third-order valence-corrected chi connectivity index (χ3v) is 4.73. The predicted octanol–water partition coefficient (Wildman–Crippen LogP) is 3.76. The lowest BCUT2D eigenvalue weighted by Gasteiger charge is -2.06. The van der Waals surface area contributed by atoms with Crippen molar-refractivity contribution >= 4 is 33.5 Å². The minimum absolute atomic E-state index is 0.128. The summed E-state index contributed by atoms with van der Waals surface area (Å²) in [6.07, 6.45) is 0.830.